The Hall–Kier alpha value is -1.09. The molecule has 1 fully saturated rings. The number of ether oxygens (including phenoxy) is 1. The first-order valence-electron chi connectivity index (χ1n) is 5.22. The first-order chi connectivity index (χ1) is 7.13. The number of benzene rings is 1. The predicted octanol–water partition coefficient (Wildman–Crippen LogP) is 2.49. The lowest BCUT2D eigenvalue weighted by Gasteiger charge is -2.12. The van der Waals surface area contributed by atoms with Crippen LogP contribution in [-0.2, 0) is 0 Å². The Balaban J connectivity index is 2.18. The Morgan fingerprint density at radius 3 is 2.67 bits per heavy atom. The van der Waals surface area contributed by atoms with Crippen LogP contribution in [0.5, 0.6) is 5.75 Å². The van der Waals surface area contributed by atoms with Crippen molar-refractivity contribution in [1.82, 2.24) is 0 Å². The first kappa shape index (κ1) is 10.4. The summed E-state index contributed by atoms with van der Waals surface area (Å²) >= 11 is 0. The standard InChI is InChI=1S/C12H16FNO/c1-7-5-9(7)12(14)8-3-4-11(15-2)10(13)6-8/h3-4,6-7,9,12H,5,14H2,1-2H3. The summed E-state index contributed by atoms with van der Waals surface area (Å²) in [5.41, 5.74) is 6.91. The third-order valence-electron chi connectivity index (χ3n) is 3.19. The van der Waals surface area contributed by atoms with E-state index in [0.29, 0.717) is 11.8 Å². The van der Waals surface area contributed by atoms with E-state index in [1.807, 2.05) is 6.07 Å². The van der Waals surface area contributed by atoms with Crippen molar-refractivity contribution in [3.05, 3.63) is 29.6 Å². The fourth-order valence-corrected chi connectivity index (χ4v) is 1.99. The number of methoxy groups -OCH3 is 1. The molecule has 0 amide bonds. The summed E-state index contributed by atoms with van der Waals surface area (Å²) in [6, 6.07) is 4.92. The van der Waals surface area contributed by atoms with Gasteiger partial charge in [0, 0.05) is 6.04 Å². The van der Waals surface area contributed by atoms with E-state index in [1.165, 1.54) is 13.2 Å². The van der Waals surface area contributed by atoms with E-state index < -0.39 is 0 Å². The van der Waals surface area contributed by atoms with Crippen molar-refractivity contribution in [2.75, 3.05) is 7.11 Å². The predicted molar refractivity (Wildman–Crippen MR) is 57.2 cm³/mol. The molecular weight excluding hydrogens is 193 g/mol. The highest BCUT2D eigenvalue weighted by Gasteiger charge is 2.38. The van der Waals surface area contributed by atoms with Crippen LogP contribution in [0.15, 0.2) is 18.2 Å². The molecule has 0 aliphatic heterocycles. The topological polar surface area (TPSA) is 35.2 Å². The van der Waals surface area contributed by atoms with Crippen LogP contribution in [0, 0.1) is 17.7 Å². The van der Waals surface area contributed by atoms with Crippen LogP contribution >= 0.6 is 0 Å². The van der Waals surface area contributed by atoms with Crippen LogP contribution in [0.2, 0.25) is 0 Å². The third-order valence-corrected chi connectivity index (χ3v) is 3.19. The largest absolute Gasteiger partial charge is 0.494 e. The molecule has 82 valence electrons. The average molecular weight is 209 g/mol. The van der Waals surface area contributed by atoms with Gasteiger partial charge in [-0.25, -0.2) is 4.39 Å². The molecule has 2 nitrogen and oxygen atoms in total. The second-order valence-corrected chi connectivity index (χ2v) is 4.30. The van der Waals surface area contributed by atoms with Gasteiger partial charge in [0.15, 0.2) is 11.6 Å². The Kier molecular flexibility index (Phi) is 2.65. The van der Waals surface area contributed by atoms with Gasteiger partial charge in [-0.05, 0) is 36.0 Å². The molecule has 0 aromatic heterocycles. The minimum absolute atomic E-state index is 0.0413. The van der Waals surface area contributed by atoms with Crippen molar-refractivity contribution < 1.29 is 9.13 Å². The Bertz CT molecular complexity index is 367. The molecule has 3 heteroatoms. The lowest BCUT2D eigenvalue weighted by Crippen LogP contribution is -2.13. The van der Waals surface area contributed by atoms with Crippen LogP contribution < -0.4 is 10.5 Å². The monoisotopic (exact) mass is 209 g/mol. The van der Waals surface area contributed by atoms with E-state index in [2.05, 4.69) is 6.92 Å². The Morgan fingerprint density at radius 2 is 2.20 bits per heavy atom. The number of nitrogens with two attached hydrogens (primary N) is 1. The zero-order chi connectivity index (χ0) is 11.0. The quantitative estimate of drug-likeness (QED) is 0.830. The normalized spacial score (nSPS) is 26.1. The Morgan fingerprint density at radius 1 is 1.53 bits per heavy atom. The summed E-state index contributed by atoms with van der Waals surface area (Å²) in [7, 11) is 1.46. The van der Waals surface area contributed by atoms with Gasteiger partial charge in [-0.1, -0.05) is 13.0 Å². The number of rotatable bonds is 3. The van der Waals surface area contributed by atoms with Gasteiger partial charge in [0.2, 0.25) is 0 Å². The molecular formula is C12H16FNO. The molecule has 2 rings (SSSR count). The van der Waals surface area contributed by atoms with Gasteiger partial charge >= 0.3 is 0 Å². The molecule has 1 saturated carbocycles. The van der Waals surface area contributed by atoms with Gasteiger partial charge < -0.3 is 10.5 Å². The summed E-state index contributed by atoms with van der Waals surface area (Å²) in [5, 5.41) is 0. The van der Waals surface area contributed by atoms with Crippen molar-refractivity contribution >= 4 is 0 Å². The van der Waals surface area contributed by atoms with E-state index >= 15 is 0 Å². The van der Waals surface area contributed by atoms with Crippen LogP contribution in [0.3, 0.4) is 0 Å². The smallest absolute Gasteiger partial charge is 0.165 e. The lowest BCUT2D eigenvalue weighted by molar-refractivity contribution is 0.385. The van der Waals surface area contributed by atoms with Gasteiger partial charge in [-0.3, -0.25) is 0 Å². The molecule has 3 unspecified atom stereocenters. The molecule has 1 aromatic carbocycles. The van der Waals surface area contributed by atoms with Gasteiger partial charge in [-0.2, -0.15) is 0 Å². The van der Waals surface area contributed by atoms with Crippen LogP contribution in [-0.4, -0.2) is 7.11 Å². The molecule has 3 atom stereocenters. The van der Waals surface area contributed by atoms with E-state index in [-0.39, 0.29) is 17.6 Å². The zero-order valence-electron chi connectivity index (χ0n) is 9.03. The van der Waals surface area contributed by atoms with Crippen LogP contribution in [0.25, 0.3) is 0 Å². The summed E-state index contributed by atoms with van der Waals surface area (Å²) in [4.78, 5) is 0. The summed E-state index contributed by atoms with van der Waals surface area (Å²) in [6.07, 6.45) is 1.15. The van der Waals surface area contributed by atoms with Crippen molar-refractivity contribution in [1.29, 1.82) is 0 Å². The molecule has 0 spiro atoms. The van der Waals surface area contributed by atoms with E-state index in [9.17, 15) is 4.39 Å². The summed E-state index contributed by atoms with van der Waals surface area (Å²) in [5.74, 6) is 1.12. The molecule has 0 bridgehead atoms. The van der Waals surface area contributed by atoms with E-state index in [0.717, 1.165) is 12.0 Å². The van der Waals surface area contributed by atoms with Gasteiger partial charge in [0.05, 0.1) is 7.11 Å². The second kappa shape index (κ2) is 3.81. The van der Waals surface area contributed by atoms with Gasteiger partial charge in [-0.15, -0.1) is 0 Å². The minimum atomic E-state index is -0.334. The molecule has 0 heterocycles. The van der Waals surface area contributed by atoms with Crippen molar-refractivity contribution in [2.24, 2.45) is 17.6 Å². The third kappa shape index (κ3) is 1.97. The van der Waals surface area contributed by atoms with E-state index in [4.69, 9.17) is 10.5 Å². The maximum Gasteiger partial charge on any atom is 0.165 e. The van der Waals surface area contributed by atoms with Crippen LogP contribution in [0.4, 0.5) is 4.39 Å². The number of hydrogen-bond acceptors (Lipinski definition) is 2. The summed E-state index contributed by atoms with van der Waals surface area (Å²) in [6.45, 7) is 2.17. The molecule has 1 aliphatic rings. The van der Waals surface area contributed by atoms with Crippen LogP contribution in [0.1, 0.15) is 24.9 Å². The molecule has 2 N–H and O–H groups in total. The highest BCUT2D eigenvalue weighted by Crippen LogP contribution is 2.45. The molecule has 0 radical (unpaired) electrons. The van der Waals surface area contributed by atoms with Gasteiger partial charge in [0.25, 0.3) is 0 Å². The highest BCUT2D eigenvalue weighted by molar-refractivity contribution is 5.31. The van der Waals surface area contributed by atoms with E-state index in [1.54, 1.807) is 6.07 Å². The number of halogens is 1. The molecule has 1 aliphatic carbocycles. The fourth-order valence-electron chi connectivity index (χ4n) is 1.99. The minimum Gasteiger partial charge on any atom is -0.494 e. The highest BCUT2D eigenvalue weighted by atomic mass is 19.1. The van der Waals surface area contributed by atoms with Crippen molar-refractivity contribution in [3.63, 3.8) is 0 Å². The first-order valence-corrected chi connectivity index (χ1v) is 5.22. The lowest BCUT2D eigenvalue weighted by atomic mass is 10.0. The van der Waals surface area contributed by atoms with Gasteiger partial charge in [0.1, 0.15) is 0 Å². The maximum absolute atomic E-state index is 13.4. The molecule has 0 saturated heterocycles. The SMILES string of the molecule is COc1ccc(C(N)C2CC2C)cc1F. The molecule has 1 aromatic rings. The van der Waals surface area contributed by atoms with Crippen molar-refractivity contribution in [3.8, 4) is 5.75 Å². The maximum atomic E-state index is 13.4. The fraction of sp³-hybridized carbons (Fsp3) is 0.500. The number of hydrogen-bond donors (Lipinski definition) is 1. The molecule has 15 heavy (non-hydrogen) atoms. The second-order valence-electron chi connectivity index (χ2n) is 4.30. The Labute approximate surface area is 89.2 Å². The zero-order valence-corrected chi connectivity index (χ0v) is 9.03. The summed E-state index contributed by atoms with van der Waals surface area (Å²) < 4.78 is 18.3. The average Bonchev–Trinajstić information content (AvgIpc) is 2.94. The van der Waals surface area contributed by atoms with Crippen molar-refractivity contribution in [2.45, 2.75) is 19.4 Å².